The van der Waals surface area contributed by atoms with E-state index >= 15 is 0 Å². The second-order valence-corrected chi connectivity index (χ2v) is 7.38. The second kappa shape index (κ2) is 6.06. The van der Waals surface area contributed by atoms with Gasteiger partial charge in [-0.15, -0.1) is 0 Å². The summed E-state index contributed by atoms with van der Waals surface area (Å²) in [6.07, 6.45) is 3.42. The number of hydrogen-bond donors (Lipinski definition) is 1. The third-order valence-electron chi connectivity index (χ3n) is 3.51. The largest absolute Gasteiger partial charge is 0.495 e. The van der Waals surface area contributed by atoms with Crippen LogP contribution in [0.4, 0.5) is 14.9 Å². The molecule has 2 rings (SSSR count). The van der Waals surface area contributed by atoms with Crippen LogP contribution >= 0.6 is 22.6 Å². The number of nitrogens with zero attached hydrogens (tertiary/aromatic N) is 1. The minimum atomic E-state index is -0.459. The summed E-state index contributed by atoms with van der Waals surface area (Å²) in [5.74, 6) is 0.0592. The number of anilines is 1. The van der Waals surface area contributed by atoms with E-state index in [2.05, 4.69) is 5.32 Å². The average Bonchev–Trinajstić information content (AvgIpc) is 2.41. The first kappa shape index (κ1) is 17.1. The van der Waals surface area contributed by atoms with Crippen LogP contribution in [0.1, 0.15) is 33.3 Å². The van der Waals surface area contributed by atoms with Crippen molar-refractivity contribution in [2.24, 2.45) is 0 Å². The summed E-state index contributed by atoms with van der Waals surface area (Å²) < 4.78 is 20.5. The highest BCUT2D eigenvalue weighted by molar-refractivity contribution is 14.1. The summed E-state index contributed by atoms with van der Waals surface area (Å²) >= 11 is 1.92. The van der Waals surface area contributed by atoms with E-state index in [1.54, 1.807) is 12.3 Å². The third kappa shape index (κ3) is 3.06. The molecule has 1 aromatic rings. The Kier molecular flexibility index (Phi) is 4.70. The van der Waals surface area contributed by atoms with Gasteiger partial charge in [-0.05, 0) is 47.1 Å². The maximum atomic E-state index is 14.7. The summed E-state index contributed by atoms with van der Waals surface area (Å²) in [6, 6.07) is 1.29. The fourth-order valence-corrected chi connectivity index (χ4v) is 3.10. The van der Waals surface area contributed by atoms with Crippen molar-refractivity contribution in [3.63, 3.8) is 0 Å². The molecule has 0 saturated heterocycles. The molecule has 0 spiro atoms. The van der Waals surface area contributed by atoms with Gasteiger partial charge in [-0.2, -0.15) is 0 Å². The van der Waals surface area contributed by atoms with Gasteiger partial charge in [0.05, 0.1) is 16.4 Å². The summed E-state index contributed by atoms with van der Waals surface area (Å²) in [7, 11) is 1.53. The lowest BCUT2D eigenvalue weighted by atomic mass is 9.86. The van der Waals surface area contributed by atoms with Crippen LogP contribution in [0.5, 0.6) is 5.75 Å². The molecule has 0 radical (unpaired) electrons. The minimum absolute atomic E-state index is 0.0637. The number of carbonyl (C=O) groups excluding carboxylic acids is 1. The number of hydrogen-bond acceptors (Lipinski definition) is 2. The number of nitrogens with one attached hydrogen (secondary N) is 1. The number of ether oxygens (including phenoxy) is 1. The lowest BCUT2D eigenvalue weighted by Crippen LogP contribution is -2.45. The predicted molar refractivity (Wildman–Crippen MR) is 94.0 cm³/mol. The van der Waals surface area contributed by atoms with Gasteiger partial charge in [0.1, 0.15) is 5.75 Å². The summed E-state index contributed by atoms with van der Waals surface area (Å²) in [5.41, 5.74) is 0.850. The van der Waals surface area contributed by atoms with Crippen molar-refractivity contribution in [2.45, 2.75) is 39.2 Å². The minimum Gasteiger partial charge on any atom is -0.495 e. The van der Waals surface area contributed by atoms with Crippen molar-refractivity contribution in [3.8, 4) is 5.75 Å². The fourth-order valence-electron chi connectivity index (χ4n) is 2.31. The third-order valence-corrected chi connectivity index (χ3v) is 4.47. The molecule has 120 valence electrons. The number of urea groups is 1. The molecule has 4 nitrogen and oxygen atoms in total. The zero-order valence-electron chi connectivity index (χ0n) is 13.3. The molecule has 1 aliphatic rings. The molecule has 0 aromatic heterocycles. The molecule has 0 saturated carbocycles. The molecular formula is C16H20FIN2O2. The van der Waals surface area contributed by atoms with Crippen LogP contribution in [0.3, 0.4) is 0 Å². The highest BCUT2D eigenvalue weighted by Crippen LogP contribution is 2.40. The van der Waals surface area contributed by atoms with E-state index in [0.29, 0.717) is 9.32 Å². The Morgan fingerprint density at radius 2 is 2.05 bits per heavy atom. The molecular weight excluding hydrogens is 398 g/mol. The van der Waals surface area contributed by atoms with E-state index in [0.717, 1.165) is 5.56 Å². The Morgan fingerprint density at radius 3 is 2.55 bits per heavy atom. The topological polar surface area (TPSA) is 41.6 Å². The van der Waals surface area contributed by atoms with E-state index in [9.17, 15) is 9.18 Å². The molecule has 1 heterocycles. The molecule has 0 aliphatic carbocycles. The second-order valence-electron chi connectivity index (χ2n) is 6.30. The number of halogens is 2. The average molecular weight is 418 g/mol. The molecule has 0 bridgehead atoms. The maximum Gasteiger partial charge on any atom is 0.326 e. The van der Waals surface area contributed by atoms with Crippen LogP contribution in [-0.2, 0) is 5.41 Å². The van der Waals surface area contributed by atoms with Crippen molar-refractivity contribution in [3.05, 3.63) is 33.3 Å². The predicted octanol–water partition coefficient (Wildman–Crippen LogP) is 4.17. The monoisotopic (exact) mass is 418 g/mol. The van der Waals surface area contributed by atoms with E-state index in [4.69, 9.17) is 4.74 Å². The molecule has 1 aromatic carbocycles. The first-order valence-corrected chi connectivity index (χ1v) is 8.09. The Labute approximate surface area is 143 Å². The van der Waals surface area contributed by atoms with Gasteiger partial charge in [-0.25, -0.2) is 9.18 Å². The van der Waals surface area contributed by atoms with Crippen LogP contribution < -0.4 is 15.0 Å². The van der Waals surface area contributed by atoms with Gasteiger partial charge in [-0.1, -0.05) is 20.8 Å². The Bertz CT molecular complexity index is 638. The lowest BCUT2D eigenvalue weighted by molar-refractivity contribution is 0.245. The smallest absolute Gasteiger partial charge is 0.326 e. The maximum absolute atomic E-state index is 14.7. The number of rotatable bonds is 2. The molecule has 1 atom stereocenters. The normalized spacial score (nSPS) is 18.4. The standard InChI is InChI=1S/C16H20FIN2O2/c1-9-6-7-20(15(21)19-9)11-8-10(16(2,3)4)14(22-5)13(18)12(11)17/h6-9H,1-5H3,(H,19,21). The summed E-state index contributed by atoms with van der Waals surface area (Å²) in [6.45, 7) is 7.94. The number of benzene rings is 1. The van der Waals surface area contributed by atoms with Gasteiger partial charge < -0.3 is 10.1 Å². The number of carbonyl (C=O) groups is 1. The van der Waals surface area contributed by atoms with Crippen molar-refractivity contribution in [1.82, 2.24) is 5.32 Å². The molecule has 1 N–H and O–H groups in total. The van der Waals surface area contributed by atoms with Crippen molar-refractivity contribution in [2.75, 3.05) is 12.0 Å². The fraction of sp³-hybridized carbons (Fsp3) is 0.438. The van der Waals surface area contributed by atoms with Crippen LogP contribution in [0.15, 0.2) is 18.3 Å². The quantitative estimate of drug-likeness (QED) is 0.733. The highest BCUT2D eigenvalue weighted by atomic mass is 127. The van der Waals surface area contributed by atoms with Crippen LogP contribution in [0.2, 0.25) is 0 Å². The lowest BCUT2D eigenvalue weighted by Gasteiger charge is -2.29. The van der Waals surface area contributed by atoms with E-state index in [1.165, 1.54) is 12.0 Å². The van der Waals surface area contributed by atoms with Crippen LogP contribution in [0, 0.1) is 9.39 Å². The Hall–Kier alpha value is -1.31. The van der Waals surface area contributed by atoms with E-state index in [1.807, 2.05) is 56.4 Å². The van der Waals surface area contributed by atoms with E-state index < -0.39 is 5.82 Å². The molecule has 22 heavy (non-hydrogen) atoms. The zero-order chi connectivity index (χ0) is 16.7. The SMILES string of the molecule is COc1c(C(C)(C)C)cc(N2C=CC(C)NC2=O)c(F)c1I. The van der Waals surface area contributed by atoms with Gasteiger partial charge in [0.15, 0.2) is 5.82 Å². The van der Waals surface area contributed by atoms with Crippen molar-refractivity contribution in [1.29, 1.82) is 0 Å². The Morgan fingerprint density at radius 1 is 1.41 bits per heavy atom. The van der Waals surface area contributed by atoms with E-state index in [-0.39, 0.29) is 23.2 Å². The Balaban J connectivity index is 2.65. The first-order valence-electron chi connectivity index (χ1n) is 7.01. The van der Waals surface area contributed by atoms with Gasteiger partial charge in [0.25, 0.3) is 0 Å². The molecule has 1 aliphatic heterocycles. The molecule has 1 unspecified atom stereocenters. The number of methoxy groups -OCH3 is 1. The first-order chi connectivity index (χ1) is 10.2. The summed E-state index contributed by atoms with van der Waals surface area (Å²) in [4.78, 5) is 13.4. The summed E-state index contributed by atoms with van der Waals surface area (Å²) in [5, 5.41) is 2.76. The van der Waals surface area contributed by atoms with Crippen LogP contribution in [-0.4, -0.2) is 19.2 Å². The van der Waals surface area contributed by atoms with Crippen molar-refractivity contribution < 1.29 is 13.9 Å². The van der Waals surface area contributed by atoms with Gasteiger partial charge in [0, 0.05) is 17.8 Å². The zero-order valence-corrected chi connectivity index (χ0v) is 15.5. The van der Waals surface area contributed by atoms with Gasteiger partial charge in [0.2, 0.25) is 0 Å². The van der Waals surface area contributed by atoms with Crippen molar-refractivity contribution >= 4 is 34.3 Å². The van der Waals surface area contributed by atoms with Gasteiger partial charge >= 0.3 is 6.03 Å². The number of amides is 2. The van der Waals surface area contributed by atoms with Crippen LogP contribution in [0.25, 0.3) is 0 Å². The molecule has 0 fully saturated rings. The highest BCUT2D eigenvalue weighted by Gasteiger charge is 2.29. The van der Waals surface area contributed by atoms with Gasteiger partial charge in [-0.3, -0.25) is 4.90 Å². The molecule has 2 amide bonds. The molecule has 6 heteroatoms.